The summed E-state index contributed by atoms with van der Waals surface area (Å²) < 4.78 is 5.20. The maximum Gasteiger partial charge on any atom is 0.243 e. The molecule has 0 aromatic heterocycles. The summed E-state index contributed by atoms with van der Waals surface area (Å²) in [5, 5.41) is 5.72. The first-order valence-electron chi connectivity index (χ1n) is 11.6. The number of nitrogens with two attached hydrogens (primary N) is 1. The Bertz CT molecular complexity index is 1010. The zero-order valence-electron chi connectivity index (χ0n) is 20.4. The molecule has 2 aromatic carbocycles. The molecule has 0 heterocycles. The first-order valence-corrected chi connectivity index (χ1v) is 11.6. The Morgan fingerprint density at radius 1 is 0.941 bits per heavy atom. The van der Waals surface area contributed by atoms with E-state index in [9.17, 15) is 14.4 Å². The van der Waals surface area contributed by atoms with Gasteiger partial charge in [-0.25, -0.2) is 0 Å². The van der Waals surface area contributed by atoms with Crippen LogP contribution in [-0.2, 0) is 27.2 Å². The zero-order chi connectivity index (χ0) is 24.9. The molecule has 0 spiro atoms. The van der Waals surface area contributed by atoms with Crippen molar-refractivity contribution in [2.45, 2.75) is 64.1 Å². The highest BCUT2D eigenvalue weighted by Gasteiger charge is 2.48. The van der Waals surface area contributed by atoms with Crippen LogP contribution in [0.1, 0.15) is 44.7 Å². The summed E-state index contributed by atoms with van der Waals surface area (Å²) in [6.45, 7) is 5.10. The van der Waals surface area contributed by atoms with Crippen LogP contribution in [0.25, 0.3) is 0 Å². The van der Waals surface area contributed by atoms with Gasteiger partial charge in [-0.2, -0.15) is 0 Å². The van der Waals surface area contributed by atoms with Crippen molar-refractivity contribution in [3.63, 3.8) is 0 Å². The van der Waals surface area contributed by atoms with Crippen LogP contribution in [0.3, 0.4) is 0 Å². The summed E-state index contributed by atoms with van der Waals surface area (Å²) in [6, 6.07) is 15.3. The number of ketones is 1. The normalized spacial score (nSPS) is 16.1. The van der Waals surface area contributed by atoms with Crippen molar-refractivity contribution in [1.29, 1.82) is 0 Å². The minimum Gasteiger partial charge on any atom is -0.497 e. The van der Waals surface area contributed by atoms with Gasteiger partial charge >= 0.3 is 0 Å². The van der Waals surface area contributed by atoms with Gasteiger partial charge in [0.25, 0.3) is 0 Å². The van der Waals surface area contributed by atoms with Crippen LogP contribution in [0.5, 0.6) is 5.75 Å². The van der Waals surface area contributed by atoms with Gasteiger partial charge < -0.3 is 21.1 Å². The third-order valence-electron chi connectivity index (χ3n) is 6.32. The summed E-state index contributed by atoms with van der Waals surface area (Å²) in [7, 11) is 1.58. The van der Waals surface area contributed by atoms with Gasteiger partial charge in [0.1, 0.15) is 11.8 Å². The lowest BCUT2D eigenvalue weighted by Gasteiger charge is -2.27. The van der Waals surface area contributed by atoms with Crippen LogP contribution in [0.2, 0.25) is 0 Å². The molecule has 1 aliphatic rings. The van der Waals surface area contributed by atoms with Crippen molar-refractivity contribution < 1.29 is 19.1 Å². The minimum atomic E-state index is -1.15. The summed E-state index contributed by atoms with van der Waals surface area (Å²) >= 11 is 0. The van der Waals surface area contributed by atoms with Crippen LogP contribution in [0.4, 0.5) is 0 Å². The molecule has 1 fully saturated rings. The van der Waals surface area contributed by atoms with Crippen molar-refractivity contribution in [1.82, 2.24) is 10.6 Å². The van der Waals surface area contributed by atoms with Crippen LogP contribution in [0, 0.1) is 5.41 Å². The van der Waals surface area contributed by atoms with Crippen LogP contribution in [0.15, 0.2) is 54.6 Å². The molecule has 2 aromatic rings. The topological polar surface area (TPSA) is 111 Å². The second kappa shape index (κ2) is 10.4. The average Bonchev–Trinajstić information content (AvgIpc) is 3.56. The Kier molecular flexibility index (Phi) is 7.77. The van der Waals surface area contributed by atoms with E-state index >= 15 is 0 Å². The van der Waals surface area contributed by atoms with Gasteiger partial charge in [-0.05, 0) is 56.4 Å². The first-order chi connectivity index (χ1) is 16.0. The first kappa shape index (κ1) is 25.4. The lowest BCUT2D eigenvalue weighted by atomic mass is 9.92. The molecule has 0 bridgehead atoms. The average molecular weight is 466 g/mol. The van der Waals surface area contributed by atoms with E-state index in [1.165, 1.54) is 0 Å². The van der Waals surface area contributed by atoms with Crippen molar-refractivity contribution >= 4 is 17.6 Å². The second-order valence-corrected chi connectivity index (χ2v) is 9.98. The molecule has 2 amide bonds. The Morgan fingerprint density at radius 2 is 1.50 bits per heavy atom. The molecule has 1 aliphatic carbocycles. The van der Waals surface area contributed by atoms with Gasteiger partial charge in [0, 0.05) is 11.8 Å². The number of carbonyl (C=O) groups excluding carboxylic acids is 3. The summed E-state index contributed by atoms with van der Waals surface area (Å²) in [4.78, 5) is 39.4. The smallest absolute Gasteiger partial charge is 0.243 e. The number of rotatable bonds is 11. The highest BCUT2D eigenvalue weighted by atomic mass is 16.5. The Labute approximate surface area is 201 Å². The Hall–Kier alpha value is -3.19. The van der Waals surface area contributed by atoms with Crippen LogP contribution in [-0.4, -0.2) is 42.3 Å². The minimum absolute atomic E-state index is 0.0263. The standard InChI is InChI=1S/C27H35N3O4/c1-26(2,28)25(33)30-22(17-19-10-12-20(34-4)13-11-19)24(32)29-21(23(31)27(3)14-15-27)16-18-8-6-5-7-9-18/h5-13,21-22H,14-17,28H2,1-4H3,(H,29,32)(H,30,33). The fourth-order valence-corrected chi connectivity index (χ4v) is 3.74. The maximum absolute atomic E-state index is 13.4. The zero-order valence-corrected chi connectivity index (χ0v) is 20.4. The Balaban J connectivity index is 1.82. The number of benzene rings is 2. The molecule has 0 saturated heterocycles. The molecule has 2 unspecified atom stereocenters. The molecule has 7 heteroatoms. The number of Topliss-reactive ketones (excluding diaryl/α,β-unsaturated/α-hetero) is 1. The monoisotopic (exact) mass is 465 g/mol. The number of amides is 2. The molecule has 182 valence electrons. The fraction of sp³-hybridized carbons (Fsp3) is 0.444. The van der Waals surface area contributed by atoms with E-state index in [4.69, 9.17) is 10.5 Å². The number of carbonyl (C=O) groups is 3. The number of ether oxygens (including phenoxy) is 1. The van der Waals surface area contributed by atoms with Crippen molar-refractivity contribution in [2.75, 3.05) is 7.11 Å². The Morgan fingerprint density at radius 3 is 2.03 bits per heavy atom. The maximum atomic E-state index is 13.4. The van der Waals surface area contributed by atoms with Gasteiger partial charge in [0.2, 0.25) is 11.8 Å². The van der Waals surface area contributed by atoms with Gasteiger partial charge in [-0.15, -0.1) is 0 Å². The molecule has 0 radical (unpaired) electrons. The van der Waals surface area contributed by atoms with Crippen molar-refractivity contribution in [2.24, 2.45) is 11.1 Å². The van der Waals surface area contributed by atoms with Crippen molar-refractivity contribution in [3.8, 4) is 5.75 Å². The lowest BCUT2D eigenvalue weighted by molar-refractivity contribution is -0.133. The summed E-state index contributed by atoms with van der Waals surface area (Å²) in [5.74, 6) is -0.130. The molecule has 3 rings (SSSR count). The van der Waals surface area contributed by atoms with Gasteiger partial charge in [0.05, 0.1) is 18.7 Å². The van der Waals surface area contributed by atoms with E-state index in [1.807, 2.05) is 49.4 Å². The van der Waals surface area contributed by atoms with E-state index in [-0.39, 0.29) is 12.2 Å². The van der Waals surface area contributed by atoms with Crippen molar-refractivity contribution in [3.05, 3.63) is 65.7 Å². The largest absolute Gasteiger partial charge is 0.497 e. The van der Waals surface area contributed by atoms with E-state index in [1.54, 1.807) is 33.1 Å². The second-order valence-electron chi connectivity index (χ2n) is 9.98. The lowest BCUT2D eigenvalue weighted by Crippen LogP contribution is -2.58. The molecule has 0 aliphatic heterocycles. The summed E-state index contributed by atoms with van der Waals surface area (Å²) in [5.41, 5.74) is 6.21. The molecule has 4 N–H and O–H groups in total. The quantitative estimate of drug-likeness (QED) is 0.472. The number of nitrogens with one attached hydrogen (secondary N) is 2. The molecular formula is C27H35N3O4. The number of hydrogen-bond donors (Lipinski definition) is 3. The third-order valence-corrected chi connectivity index (χ3v) is 6.32. The highest BCUT2D eigenvalue weighted by molar-refractivity contribution is 5.97. The van der Waals surface area contributed by atoms with E-state index in [0.717, 1.165) is 24.0 Å². The molecule has 2 atom stereocenters. The predicted molar refractivity (Wildman–Crippen MR) is 131 cm³/mol. The number of methoxy groups -OCH3 is 1. The van der Waals surface area contributed by atoms with E-state index < -0.39 is 34.9 Å². The SMILES string of the molecule is COc1ccc(CC(NC(=O)C(C)(C)N)C(=O)NC(Cc2ccccc2)C(=O)C2(C)CC2)cc1. The van der Waals surface area contributed by atoms with Gasteiger partial charge in [-0.1, -0.05) is 49.4 Å². The molecular weight excluding hydrogens is 430 g/mol. The van der Waals surface area contributed by atoms with Crippen LogP contribution < -0.4 is 21.1 Å². The van der Waals surface area contributed by atoms with E-state index in [2.05, 4.69) is 10.6 Å². The molecule has 34 heavy (non-hydrogen) atoms. The van der Waals surface area contributed by atoms with E-state index in [0.29, 0.717) is 12.2 Å². The number of hydrogen-bond acceptors (Lipinski definition) is 5. The predicted octanol–water partition coefficient (Wildman–Crippen LogP) is 2.56. The van der Waals surface area contributed by atoms with Gasteiger partial charge in [0.15, 0.2) is 5.78 Å². The van der Waals surface area contributed by atoms with Gasteiger partial charge in [-0.3, -0.25) is 14.4 Å². The third kappa shape index (κ3) is 6.67. The summed E-state index contributed by atoms with van der Waals surface area (Å²) in [6.07, 6.45) is 2.29. The molecule has 1 saturated carbocycles. The fourth-order valence-electron chi connectivity index (χ4n) is 3.74. The molecule has 7 nitrogen and oxygen atoms in total. The highest BCUT2D eigenvalue weighted by Crippen LogP contribution is 2.46. The van der Waals surface area contributed by atoms with Crippen LogP contribution >= 0.6 is 0 Å².